The van der Waals surface area contributed by atoms with Gasteiger partial charge in [-0.1, -0.05) is 6.92 Å². The third kappa shape index (κ3) is 1.54. The molecule has 0 radical (unpaired) electrons. The number of nitrogens with one attached hydrogen (secondary N) is 1. The van der Waals surface area contributed by atoms with Crippen molar-refractivity contribution < 1.29 is 0 Å². The molecule has 104 valence electrons. The number of H-pyrrole nitrogens is 1. The van der Waals surface area contributed by atoms with E-state index in [1.807, 2.05) is 20.8 Å². The Morgan fingerprint density at radius 1 is 1.25 bits per heavy atom. The SMILES string of the molecule is CCc1nc(C)c2c(=O)n(CC)c3ccc(=O)[nH]c3n12. The quantitative estimate of drug-likeness (QED) is 0.762. The predicted molar refractivity (Wildman–Crippen MR) is 77.4 cm³/mol. The molecule has 0 aliphatic heterocycles. The average Bonchev–Trinajstić information content (AvgIpc) is 2.77. The van der Waals surface area contributed by atoms with Crippen molar-refractivity contribution in [3.8, 4) is 0 Å². The second-order valence-electron chi connectivity index (χ2n) is 4.76. The molecule has 0 aliphatic rings. The molecule has 3 aromatic heterocycles. The van der Waals surface area contributed by atoms with Gasteiger partial charge in [0.2, 0.25) is 5.56 Å². The lowest BCUT2D eigenvalue weighted by atomic mass is 10.3. The van der Waals surface area contributed by atoms with Gasteiger partial charge in [-0.2, -0.15) is 0 Å². The highest BCUT2D eigenvalue weighted by Gasteiger charge is 2.16. The first-order valence-electron chi connectivity index (χ1n) is 6.72. The summed E-state index contributed by atoms with van der Waals surface area (Å²) in [7, 11) is 0. The van der Waals surface area contributed by atoms with Gasteiger partial charge in [0.15, 0.2) is 0 Å². The van der Waals surface area contributed by atoms with Crippen molar-refractivity contribution in [1.82, 2.24) is 18.9 Å². The van der Waals surface area contributed by atoms with Gasteiger partial charge in [0.25, 0.3) is 5.56 Å². The summed E-state index contributed by atoms with van der Waals surface area (Å²) in [5, 5.41) is 0. The number of hydrogen-bond acceptors (Lipinski definition) is 3. The van der Waals surface area contributed by atoms with Crippen LogP contribution in [0.4, 0.5) is 0 Å². The van der Waals surface area contributed by atoms with Crippen LogP contribution in [0.15, 0.2) is 21.7 Å². The molecular formula is C14H16N4O2. The third-order valence-electron chi connectivity index (χ3n) is 3.59. The van der Waals surface area contributed by atoms with Crippen LogP contribution in [0.5, 0.6) is 0 Å². The standard InChI is InChI=1S/C14H16N4O2/c1-4-10-15-8(3)12-14(20)17(5-2)9-6-7-11(19)16-13(9)18(10)12/h6-7H,4-5H2,1-3H3,(H,16,19). The van der Waals surface area contributed by atoms with Gasteiger partial charge in [0, 0.05) is 19.0 Å². The summed E-state index contributed by atoms with van der Waals surface area (Å²) in [6.07, 6.45) is 0.691. The lowest BCUT2D eigenvalue weighted by Gasteiger charge is -2.11. The van der Waals surface area contributed by atoms with Crippen LogP contribution in [0.25, 0.3) is 16.7 Å². The number of imidazole rings is 1. The lowest BCUT2D eigenvalue weighted by Crippen LogP contribution is -2.24. The number of aryl methyl sites for hydroxylation is 3. The molecule has 0 bridgehead atoms. The zero-order valence-electron chi connectivity index (χ0n) is 11.7. The molecule has 20 heavy (non-hydrogen) atoms. The van der Waals surface area contributed by atoms with Gasteiger partial charge in [-0.25, -0.2) is 4.98 Å². The van der Waals surface area contributed by atoms with Gasteiger partial charge >= 0.3 is 0 Å². The van der Waals surface area contributed by atoms with E-state index < -0.39 is 0 Å². The third-order valence-corrected chi connectivity index (χ3v) is 3.59. The van der Waals surface area contributed by atoms with Crippen LogP contribution in [-0.4, -0.2) is 18.9 Å². The van der Waals surface area contributed by atoms with E-state index in [0.29, 0.717) is 29.8 Å². The van der Waals surface area contributed by atoms with Crippen LogP contribution in [0, 0.1) is 6.92 Å². The number of hydrogen-bond donors (Lipinski definition) is 1. The highest BCUT2D eigenvalue weighted by Crippen LogP contribution is 2.16. The number of aromatic amines is 1. The Labute approximate surface area is 114 Å². The van der Waals surface area contributed by atoms with Crippen molar-refractivity contribution in [2.75, 3.05) is 0 Å². The fraction of sp³-hybridized carbons (Fsp3) is 0.357. The van der Waals surface area contributed by atoms with Crippen LogP contribution >= 0.6 is 0 Å². The van der Waals surface area contributed by atoms with Crippen LogP contribution in [-0.2, 0) is 13.0 Å². The van der Waals surface area contributed by atoms with Crippen molar-refractivity contribution in [3.63, 3.8) is 0 Å². The van der Waals surface area contributed by atoms with Gasteiger partial charge in [0.05, 0.1) is 11.2 Å². The molecule has 6 heteroatoms. The Hall–Kier alpha value is -2.37. The number of nitrogens with zero attached hydrogens (tertiary/aromatic N) is 3. The first-order chi connectivity index (χ1) is 9.58. The molecule has 0 atom stereocenters. The van der Waals surface area contributed by atoms with Crippen molar-refractivity contribution in [2.45, 2.75) is 33.7 Å². The molecule has 0 saturated carbocycles. The molecule has 6 nitrogen and oxygen atoms in total. The zero-order valence-corrected chi connectivity index (χ0v) is 11.7. The predicted octanol–water partition coefficient (Wildman–Crippen LogP) is 1.23. The highest BCUT2D eigenvalue weighted by molar-refractivity contribution is 5.76. The number of aromatic nitrogens is 4. The summed E-state index contributed by atoms with van der Waals surface area (Å²) in [6, 6.07) is 3.13. The Morgan fingerprint density at radius 2 is 2.00 bits per heavy atom. The van der Waals surface area contributed by atoms with Gasteiger partial charge in [-0.15, -0.1) is 0 Å². The number of pyridine rings is 1. The van der Waals surface area contributed by atoms with E-state index in [2.05, 4.69) is 9.97 Å². The minimum Gasteiger partial charge on any atom is -0.306 e. The second kappa shape index (κ2) is 4.33. The number of rotatable bonds is 2. The van der Waals surface area contributed by atoms with Crippen molar-refractivity contribution in [1.29, 1.82) is 0 Å². The minimum absolute atomic E-state index is 0.0725. The normalized spacial score (nSPS) is 11.6. The summed E-state index contributed by atoms with van der Waals surface area (Å²) in [4.78, 5) is 31.5. The van der Waals surface area contributed by atoms with Crippen LogP contribution in [0.2, 0.25) is 0 Å². The maximum absolute atomic E-state index is 12.6. The van der Waals surface area contributed by atoms with E-state index >= 15 is 0 Å². The van der Waals surface area contributed by atoms with Gasteiger partial charge in [-0.3, -0.25) is 14.0 Å². The molecule has 0 spiro atoms. The van der Waals surface area contributed by atoms with Crippen molar-refractivity contribution >= 4 is 16.7 Å². The van der Waals surface area contributed by atoms with E-state index in [9.17, 15) is 9.59 Å². The maximum Gasteiger partial charge on any atom is 0.277 e. The summed E-state index contributed by atoms with van der Waals surface area (Å²) < 4.78 is 3.44. The molecule has 0 saturated heterocycles. The molecule has 3 heterocycles. The molecule has 0 aromatic carbocycles. The molecule has 0 amide bonds. The minimum atomic E-state index is -0.187. The second-order valence-corrected chi connectivity index (χ2v) is 4.76. The molecule has 3 aromatic rings. The Bertz CT molecular complexity index is 930. The average molecular weight is 272 g/mol. The summed E-state index contributed by atoms with van der Waals surface area (Å²) in [5.74, 6) is 0.782. The molecule has 1 N–H and O–H groups in total. The van der Waals surface area contributed by atoms with Crippen molar-refractivity contribution in [2.24, 2.45) is 0 Å². The smallest absolute Gasteiger partial charge is 0.277 e. The lowest BCUT2D eigenvalue weighted by molar-refractivity contribution is 0.753. The Kier molecular flexibility index (Phi) is 2.74. The number of fused-ring (bicyclic) bond motifs is 3. The van der Waals surface area contributed by atoms with Gasteiger partial charge < -0.3 is 9.55 Å². The first kappa shape index (κ1) is 12.7. The van der Waals surface area contributed by atoms with Gasteiger partial charge in [0.1, 0.15) is 17.0 Å². The molecule has 0 aliphatic carbocycles. The van der Waals surface area contributed by atoms with E-state index in [-0.39, 0.29) is 11.1 Å². The molecule has 3 rings (SSSR count). The fourth-order valence-electron chi connectivity index (χ4n) is 2.71. The van der Waals surface area contributed by atoms with Crippen LogP contribution in [0.1, 0.15) is 25.4 Å². The van der Waals surface area contributed by atoms with Crippen LogP contribution in [0.3, 0.4) is 0 Å². The monoisotopic (exact) mass is 272 g/mol. The van der Waals surface area contributed by atoms with E-state index in [1.165, 1.54) is 6.07 Å². The fourth-order valence-corrected chi connectivity index (χ4v) is 2.71. The molecule has 0 fully saturated rings. The topological polar surface area (TPSA) is 72.2 Å². The first-order valence-corrected chi connectivity index (χ1v) is 6.72. The van der Waals surface area contributed by atoms with Crippen LogP contribution < -0.4 is 11.1 Å². The summed E-state index contributed by atoms with van der Waals surface area (Å²) >= 11 is 0. The molecular weight excluding hydrogens is 256 g/mol. The Balaban J connectivity index is 2.73. The summed E-state index contributed by atoms with van der Waals surface area (Å²) in [6.45, 7) is 6.26. The van der Waals surface area contributed by atoms with Gasteiger partial charge in [-0.05, 0) is 19.9 Å². The van der Waals surface area contributed by atoms with Crippen molar-refractivity contribution in [3.05, 3.63) is 44.4 Å². The zero-order chi connectivity index (χ0) is 14.4. The molecule has 0 unspecified atom stereocenters. The van der Waals surface area contributed by atoms with E-state index in [0.717, 1.165) is 11.3 Å². The van der Waals surface area contributed by atoms with E-state index in [4.69, 9.17) is 0 Å². The highest BCUT2D eigenvalue weighted by atomic mass is 16.1. The summed E-state index contributed by atoms with van der Waals surface area (Å²) in [5.41, 5.74) is 2.33. The maximum atomic E-state index is 12.6. The Morgan fingerprint density at radius 3 is 2.65 bits per heavy atom. The largest absolute Gasteiger partial charge is 0.306 e. The van der Waals surface area contributed by atoms with E-state index in [1.54, 1.807) is 15.0 Å².